The van der Waals surface area contributed by atoms with Gasteiger partial charge in [-0.2, -0.15) is 0 Å². The van der Waals surface area contributed by atoms with Gasteiger partial charge in [-0.15, -0.1) is 10.2 Å². The summed E-state index contributed by atoms with van der Waals surface area (Å²) in [7, 11) is 1.56. The number of methoxy groups -OCH3 is 1. The van der Waals surface area contributed by atoms with Crippen molar-refractivity contribution in [1.82, 2.24) is 20.5 Å². The third-order valence-electron chi connectivity index (χ3n) is 4.14. The fourth-order valence-electron chi connectivity index (χ4n) is 2.83. The van der Waals surface area contributed by atoms with E-state index in [4.69, 9.17) is 4.74 Å². The first-order valence-corrected chi connectivity index (χ1v) is 8.05. The minimum atomic E-state index is -0.0423. The molecule has 0 unspecified atom stereocenters. The lowest BCUT2D eigenvalue weighted by molar-refractivity contribution is -0.125. The van der Waals surface area contributed by atoms with Crippen LogP contribution in [0, 0.1) is 5.92 Å². The van der Waals surface area contributed by atoms with E-state index in [1.54, 1.807) is 25.6 Å². The molecule has 1 atom stereocenters. The van der Waals surface area contributed by atoms with Crippen LogP contribution >= 0.6 is 0 Å². The van der Waals surface area contributed by atoms with Crippen LogP contribution in [0.3, 0.4) is 0 Å². The van der Waals surface area contributed by atoms with E-state index in [0.29, 0.717) is 19.0 Å². The molecular weight excluding hydrogens is 306 g/mol. The van der Waals surface area contributed by atoms with Gasteiger partial charge in [-0.1, -0.05) is 6.07 Å². The van der Waals surface area contributed by atoms with Crippen LogP contribution in [0.5, 0.6) is 5.88 Å². The van der Waals surface area contributed by atoms with E-state index < -0.39 is 0 Å². The molecule has 1 fully saturated rings. The number of aromatic nitrogens is 3. The molecule has 7 nitrogen and oxygen atoms in total. The SMILES string of the molecule is COc1ccc(N2CCC[C@H](C(=O)NCc3cccnc3)C2)nn1. The fourth-order valence-corrected chi connectivity index (χ4v) is 2.83. The molecule has 1 saturated heterocycles. The Morgan fingerprint density at radius 2 is 2.29 bits per heavy atom. The Bertz CT molecular complexity index is 662. The van der Waals surface area contributed by atoms with Crippen molar-refractivity contribution in [1.29, 1.82) is 0 Å². The molecule has 0 aromatic carbocycles. The second-order valence-electron chi connectivity index (χ2n) is 5.80. The minimum absolute atomic E-state index is 0.0423. The number of hydrogen-bond acceptors (Lipinski definition) is 6. The van der Waals surface area contributed by atoms with E-state index in [-0.39, 0.29) is 11.8 Å². The molecule has 0 saturated carbocycles. The molecule has 2 aromatic heterocycles. The third-order valence-corrected chi connectivity index (χ3v) is 4.14. The molecule has 1 aliphatic heterocycles. The van der Waals surface area contributed by atoms with Gasteiger partial charge in [0, 0.05) is 38.1 Å². The van der Waals surface area contributed by atoms with Gasteiger partial charge in [0.1, 0.15) is 0 Å². The number of rotatable bonds is 5. The molecule has 24 heavy (non-hydrogen) atoms. The highest BCUT2D eigenvalue weighted by Crippen LogP contribution is 2.22. The van der Waals surface area contributed by atoms with Gasteiger partial charge in [-0.3, -0.25) is 9.78 Å². The summed E-state index contributed by atoms with van der Waals surface area (Å²) in [6.07, 6.45) is 5.33. The number of piperidine rings is 1. The smallest absolute Gasteiger partial charge is 0.233 e. The zero-order valence-electron chi connectivity index (χ0n) is 13.7. The molecule has 0 aliphatic carbocycles. The molecule has 1 N–H and O–H groups in total. The number of nitrogens with zero attached hydrogens (tertiary/aromatic N) is 4. The van der Waals surface area contributed by atoms with Gasteiger partial charge in [0.15, 0.2) is 5.82 Å². The molecule has 1 aliphatic rings. The summed E-state index contributed by atoms with van der Waals surface area (Å²) in [5, 5.41) is 11.2. The average molecular weight is 327 g/mol. The van der Waals surface area contributed by atoms with E-state index in [0.717, 1.165) is 30.8 Å². The monoisotopic (exact) mass is 327 g/mol. The van der Waals surface area contributed by atoms with Gasteiger partial charge in [-0.05, 0) is 30.5 Å². The van der Waals surface area contributed by atoms with E-state index in [9.17, 15) is 4.79 Å². The van der Waals surface area contributed by atoms with Crippen molar-refractivity contribution in [3.8, 4) is 5.88 Å². The fraction of sp³-hybridized carbons (Fsp3) is 0.412. The van der Waals surface area contributed by atoms with Crippen molar-refractivity contribution in [2.45, 2.75) is 19.4 Å². The van der Waals surface area contributed by atoms with Crippen molar-refractivity contribution in [2.24, 2.45) is 5.92 Å². The van der Waals surface area contributed by atoms with Crippen molar-refractivity contribution in [3.63, 3.8) is 0 Å². The first-order valence-electron chi connectivity index (χ1n) is 8.05. The standard InChI is InChI=1S/C17H21N5O2/c1-24-16-7-6-15(20-21-16)22-9-3-5-14(12-22)17(23)19-11-13-4-2-8-18-10-13/h2,4,6-8,10,14H,3,5,9,11-12H2,1H3,(H,19,23)/t14-/m0/s1. The Hall–Kier alpha value is -2.70. The molecule has 0 radical (unpaired) electrons. The molecule has 3 heterocycles. The molecule has 0 spiro atoms. The molecule has 0 bridgehead atoms. The molecule has 2 aromatic rings. The largest absolute Gasteiger partial charge is 0.480 e. The number of pyridine rings is 1. The summed E-state index contributed by atoms with van der Waals surface area (Å²) < 4.78 is 5.03. The van der Waals surface area contributed by atoms with Crippen molar-refractivity contribution in [3.05, 3.63) is 42.2 Å². The maximum absolute atomic E-state index is 12.4. The summed E-state index contributed by atoms with van der Waals surface area (Å²) >= 11 is 0. The number of ether oxygens (including phenoxy) is 1. The Labute approximate surface area is 141 Å². The summed E-state index contributed by atoms with van der Waals surface area (Å²) in [5.74, 6) is 1.30. The van der Waals surface area contributed by atoms with E-state index in [2.05, 4.69) is 25.4 Å². The maximum atomic E-state index is 12.4. The summed E-state index contributed by atoms with van der Waals surface area (Å²) in [6.45, 7) is 2.04. The molecule has 7 heteroatoms. The Morgan fingerprint density at radius 3 is 3.00 bits per heavy atom. The van der Waals surface area contributed by atoms with Crippen molar-refractivity contribution in [2.75, 3.05) is 25.1 Å². The third kappa shape index (κ3) is 3.98. The van der Waals surface area contributed by atoms with Gasteiger partial charge in [-0.25, -0.2) is 0 Å². The Balaban J connectivity index is 1.57. The second kappa shape index (κ2) is 7.72. The van der Waals surface area contributed by atoms with Crippen LogP contribution in [-0.4, -0.2) is 41.3 Å². The highest BCUT2D eigenvalue weighted by molar-refractivity contribution is 5.79. The van der Waals surface area contributed by atoms with Gasteiger partial charge >= 0.3 is 0 Å². The first kappa shape index (κ1) is 16.2. The average Bonchev–Trinajstić information content (AvgIpc) is 2.67. The Kier molecular flexibility index (Phi) is 5.20. The van der Waals surface area contributed by atoms with E-state index in [1.165, 1.54) is 0 Å². The van der Waals surface area contributed by atoms with Gasteiger partial charge < -0.3 is 15.0 Å². The Morgan fingerprint density at radius 1 is 1.38 bits per heavy atom. The number of hydrogen-bond donors (Lipinski definition) is 1. The predicted octanol–water partition coefficient (Wildman–Crippen LogP) is 1.41. The maximum Gasteiger partial charge on any atom is 0.233 e. The quantitative estimate of drug-likeness (QED) is 0.894. The predicted molar refractivity (Wildman–Crippen MR) is 89.6 cm³/mol. The summed E-state index contributed by atoms with van der Waals surface area (Å²) in [5.41, 5.74) is 1.000. The second-order valence-corrected chi connectivity index (χ2v) is 5.80. The lowest BCUT2D eigenvalue weighted by Gasteiger charge is -2.32. The van der Waals surface area contributed by atoms with E-state index in [1.807, 2.05) is 18.2 Å². The molecule has 126 valence electrons. The number of anilines is 1. The van der Waals surface area contributed by atoms with Gasteiger partial charge in [0.2, 0.25) is 11.8 Å². The van der Waals surface area contributed by atoms with Crippen LogP contribution in [0.15, 0.2) is 36.7 Å². The topological polar surface area (TPSA) is 80.2 Å². The lowest BCUT2D eigenvalue weighted by Crippen LogP contribution is -2.43. The molecule has 3 rings (SSSR count). The normalized spacial score (nSPS) is 17.4. The van der Waals surface area contributed by atoms with Crippen molar-refractivity contribution >= 4 is 11.7 Å². The van der Waals surface area contributed by atoms with Gasteiger partial charge in [0.25, 0.3) is 0 Å². The zero-order valence-corrected chi connectivity index (χ0v) is 13.7. The van der Waals surface area contributed by atoms with Gasteiger partial charge in [0.05, 0.1) is 13.0 Å². The number of nitrogens with one attached hydrogen (secondary N) is 1. The first-order chi connectivity index (χ1) is 11.8. The van der Waals surface area contributed by atoms with Crippen LogP contribution in [0.1, 0.15) is 18.4 Å². The van der Waals surface area contributed by atoms with Crippen LogP contribution in [0.4, 0.5) is 5.82 Å². The zero-order chi connectivity index (χ0) is 16.8. The number of amides is 1. The molecule has 1 amide bonds. The lowest BCUT2D eigenvalue weighted by atomic mass is 9.97. The van der Waals surface area contributed by atoms with Crippen LogP contribution in [0.25, 0.3) is 0 Å². The van der Waals surface area contributed by atoms with Crippen LogP contribution in [-0.2, 0) is 11.3 Å². The summed E-state index contributed by atoms with van der Waals surface area (Å²) in [4.78, 5) is 18.6. The van der Waals surface area contributed by atoms with Crippen LogP contribution in [0.2, 0.25) is 0 Å². The highest BCUT2D eigenvalue weighted by atomic mass is 16.5. The molecular formula is C17H21N5O2. The number of carbonyl (C=O) groups is 1. The minimum Gasteiger partial charge on any atom is -0.480 e. The summed E-state index contributed by atoms with van der Waals surface area (Å²) in [6, 6.07) is 7.48. The van der Waals surface area contributed by atoms with Crippen LogP contribution < -0.4 is 15.0 Å². The van der Waals surface area contributed by atoms with Crippen molar-refractivity contribution < 1.29 is 9.53 Å². The van der Waals surface area contributed by atoms with E-state index >= 15 is 0 Å². The highest BCUT2D eigenvalue weighted by Gasteiger charge is 2.26. The number of carbonyl (C=O) groups excluding carboxylic acids is 1.